The van der Waals surface area contributed by atoms with Crippen LogP contribution in [0.1, 0.15) is 26.0 Å². The first-order valence-electron chi connectivity index (χ1n) is 4.57. The van der Waals surface area contributed by atoms with E-state index < -0.39 is 0 Å². The third kappa shape index (κ3) is 3.81. The van der Waals surface area contributed by atoms with E-state index in [0.29, 0.717) is 10.7 Å². The lowest BCUT2D eigenvalue weighted by atomic mass is 10.3. The molecule has 0 fully saturated rings. The van der Waals surface area contributed by atoms with E-state index in [1.54, 1.807) is 0 Å². The predicted molar refractivity (Wildman–Crippen MR) is 72.2 cm³/mol. The molecule has 0 saturated heterocycles. The second kappa shape index (κ2) is 5.92. The largest absolute Gasteiger partial charge is 0.479 e. The van der Waals surface area contributed by atoms with Crippen LogP contribution < -0.4 is 0 Å². The zero-order chi connectivity index (χ0) is 11.4. The smallest absolute Gasteiger partial charge is 0.211 e. The number of hydrogen-bond donors (Lipinski definition) is 0. The summed E-state index contributed by atoms with van der Waals surface area (Å²) in [5, 5.41) is 0.428. The van der Waals surface area contributed by atoms with Crippen LogP contribution >= 0.6 is 44.1 Å². The third-order valence-electron chi connectivity index (χ3n) is 1.89. The minimum Gasteiger partial charge on any atom is -0.479 e. The molecule has 2 nitrogen and oxygen atoms in total. The topological polar surface area (TPSA) is 22.1 Å². The standard InChI is InChI=1S/C10H11Br2NOS/c1-3-6(2)14-10(15)9-7(11)4-5-8(12)13-9/h4-6H,3H2,1-2H3. The molecule has 1 aromatic heterocycles. The lowest BCUT2D eigenvalue weighted by molar-refractivity contribution is 0.210. The average Bonchev–Trinajstić information content (AvgIpc) is 2.21. The molecule has 5 heteroatoms. The van der Waals surface area contributed by atoms with Crippen LogP contribution in [0.25, 0.3) is 0 Å². The van der Waals surface area contributed by atoms with Gasteiger partial charge in [0.05, 0.1) is 6.10 Å². The average molecular weight is 353 g/mol. The number of nitrogens with zero attached hydrogens (tertiary/aromatic N) is 1. The van der Waals surface area contributed by atoms with E-state index >= 15 is 0 Å². The first-order chi connectivity index (χ1) is 7.04. The summed E-state index contributed by atoms with van der Waals surface area (Å²) < 4.78 is 7.13. The van der Waals surface area contributed by atoms with Crippen molar-refractivity contribution >= 4 is 49.1 Å². The summed E-state index contributed by atoms with van der Waals surface area (Å²) in [6.45, 7) is 4.04. The molecular weight excluding hydrogens is 342 g/mol. The molecule has 82 valence electrons. The summed E-state index contributed by atoms with van der Waals surface area (Å²) in [7, 11) is 0. The van der Waals surface area contributed by atoms with Crippen LogP contribution in [0.3, 0.4) is 0 Å². The van der Waals surface area contributed by atoms with Crippen LogP contribution in [-0.2, 0) is 4.74 Å². The van der Waals surface area contributed by atoms with Gasteiger partial charge in [0.15, 0.2) is 0 Å². The third-order valence-corrected chi connectivity index (χ3v) is 3.26. The van der Waals surface area contributed by atoms with Gasteiger partial charge in [-0.3, -0.25) is 0 Å². The normalized spacial score (nSPS) is 12.3. The molecule has 0 aliphatic carbocycles. The number of pyridine rings is 1. The maximum Gasteiger partial charge on any atom is 0.211 e. The van der Waals surface area contributed by atoms with E-state index in [4.69, 9.17) is 17.0 Å². The predicted octanol–water partition coefficient (Wildman–Crippen LogP) is 4.10. The summed E-state index contributed by atoms with van der Waals surface area (Å²) in [4.78, 5) is 4.26. The molecule has 0 amide bonds. The quantitative estimate of drug-likeness (QED) is 0.604. The van der Waals surface area contributed by atoms with Crippen LogP contribution in [-0.4, -0.2) is 16.1 Å². The fraction of sp³-hybridized carbons (Fsp3) is 0.400. The Balaban J connectivity index is 2.86. The Hall–Kier alpha value is -0.000000000000000111. The van der Waals surface area contributed by atoms with Crippen LogP contribution in [0.2, 0.25) is 0 Å². The minimum absolute atomic E-state index is 0.116. The van der Waals surface area contributed by atoms with E-state index in [1.807, 2.05) is 19.1 Å². The van der Waals surface area contributed by atoms with Crippen molar-refractivity contribution in [2.24, 2.45) is 0 Å². The Labute approximate surface area is 112 Å². The molecule has 0 radical (unpaired) electrons. The van der Waals surface area contributed by atoms with E-state index in [-0.39, 0.29) is 6.10 Å². The molecule has 0 bridgehead atoms. The molecule has 0 saturated carbocycles. The van der Waals surface area contributed by atoms with Gasteiger partial charge in [-0.25, -0.2) is 4.98 Å². The lowest BCUT2D eigenvalue weighted by Gasteiger charge is -2.13. The van der Waals surface area contributed by atoms with Crippen molar-refractivity contribution in [1.29, 1.82) is 0 Å². The van der Waals surface area contributed by atoms with Gasteiger partial charge in [0, 0.05) is 4.47 Å². The molecule has 1 atom stereocenters. The van der Waals surface area contributed by atoms with E-state index in [0.717, 1.165) is 15.5 Å². The van der Waals surface area contributed by atoms with E-state index in [2.05, 4.69) is 43.8 Å². The van der Waals surface area contributed by atoms with Gasteiger partial charge in [0.25, 0.3) is 0 Å². The zero-order valence-corrected chi connectivity index (χ0v) is 12.4. The maximum atomic E-state index is 5.54. The number of rotatable bonds is 3. The molecule has 0 N–H and O–H groups in total. The Kier molecular flexibility index (Phi) is 5.15. The number of aromatic nitrogens is 1. The number of ether oxygens (including phenoxy) is 1. The van der Waals surface area contributed by atoms with Crippen LogP contribution in [0.4, 0.5) is 0 Å². The van der Waals surface area contributed by atoms with Gasteiger partial charge >= 0.3 is 0 Å². The van der Waals surface area contributed by atoms with Crippen LogP contribution in [0.15, 0.2) is 21.2 Å². The fourth-order valence-corrected chi connectivity index (χ4v) is 2.04. The van der Waals surface area contributed by atoms with Crippen molar-refractivity contribution in [3.05, 3.63) is 26.9 Å². The second-order valence-electron chi connectivity index (χ2n) is 3.09. The highest BCUT2D eigenvalue weighted by Crippen LogP contribution is 2.20. The van der Waals surface area contributed by atoms with E-state index in [1.165, 1.54) is 0 Å². The Morgan fingerprint density at radius 2 is 2.20 bits per heavy atom. The van der Waals surface area contributed by atoms with Crippen molar-refractivity contribution < 1.29 is 4.74 Å². The zero-order valence-electron chi connectivity index (χ0n) is 8.46. The first-order valence-corrected chi connectivity index (χ1v) is 6.57. The molecular formula is C10H11Br2NOS. The Morgan fingerprint density at radius 3 is 2.80 bits per heavy atom. The number of thiocarbonyl (C=S) groups is 1. The van der Waals surface area contributed by atoms with Gasteiger partial charge in [-0.15, -0.1) is 0 Å². The van der Waals surface area contributed by atoms with Gasteiger partial charge in [0.1, 0.15) is 10.3 Å². The maximum absolute atomic E-state index is 5.54. The molecule has 1 heterocycles. The lowest BCUT2D eigenvalue weighted by Crippen LogP contribution is -2.14. The van der Waals surface area contributed by atoms with Gasteiger partial charge in [-0.05, 0) is 69.6 Å². The van der Waals surface area contributed by atoms with Crippen LogP contribution in [0.5, 0.6) is 0 Å². The molecule has 1 rings (SSSR count). The van der Waals surface area contributed by atoms with Crippen molar-refractivity contribution in [3.63, 3.8) is 0 Å². The van der Waals surface area contributed by atoms with Gasteiger partial charge in [-0.1, -0.05) is 6.92 Å². The van der Waals surface area contributed by atoms with Crippen molar-refractivity contribution in [2.75, 3.05) is 0 Å². The molecule has 0 aromatic carbocycles. The molecule has 1 aromatic rings. The highest BCUT2D eigenvalue weighted by atomic mass is 79.9. The van der Waals surface area contributed by atoms with Gasteiger partial charge in [-0.2, -0.15) is 0 Å². The van der Waals surface area contributed by atoms with Crippen LogP contribution in [0, 0.1) is 0 Å². The molecule has 0 spiro atoms. The summed E-state index contributed by atoms with van der Waals surface area (Å²) in [6, 6.07) is 3.73. The Morgan fingerprint density at radius 1 is 1.53 bits per heavy atom. The number of hydrogen-bond acceptors (Lipinski definition) is 3. The van der Waals surface area contributed by atoms with Gasteiger partial charge in [0.2, 0.25) is 5.05 Å². The summed E-state index contributed by atoms with van der Waals surface area (Å²) in [5.74, 6) is 0. The van der Waals surface area contributed by atoms with Crippen molar-refractivity contribution in [1.82, 2.24) is 4.98 Å². The summed E-state index contributed by atoms with van der Waals surface area (Å²) in [5.41, 5.74) is 0.666. The fourth-order valence-electron chi connectivity index (χ4n) is 0.883. The van der Waals surface area contributed by atoms with E-state index in [9.17, 15) is 0 Å². The van der Waals surface area contributed by atoms with Gasteiger partial charge < -0.3 is 4.74 Å². The van der Waals surface area contributed by atoms with Crippen molar-refractivity contribution in [2.45, 2.75) is 26.4 Å². The monoisotopic (exact) mass is 351 g/mol. The highest BCUT2D eigenvalue weighted by Gasteiger charge is 2.12. The first kappa shape index (κ1) is 13.1. The second-order valence-corrected chi connectivity index (χ2v) is 5.13. The molecule has 0 aliphatic rings. The Bertz CT molecular complexity index is 370. The number of halogens is 2. The summed E-state index contributed by atoms with van der Waals surface area (Å²) in [6.07, 6.45) is 1.04. The SMILES string of the molecule is CCC(C)OC(=S)c1nc(Br)ccc1Br. The highest BCUT2D eigenvalue weighted by molar-refractivity contribution is 9.11. The molecule has 15 heavy (non-hydrogen) atoms. The molecule has 1 unspecified atom stereocenters. The summed E-state index contributed by atoms with van der Waals surface area (Å²) >= 11 is 11.9. The minimum atomic E-state index is 0.116. The molecule has 0 aliphatic heterocycles. The van der Waals surface area contributed by atoms with Crippen molar-refractivity contribution in [3.8, 4) is 0 Å².